The van der Waals surface area contributed by atoms with E-state index in [1.807, 2.05) is 0 Å². The van der Waals surface area contributed by atoms with E-state index in [9.17, 15) is 4.79 Å². The fraction of sp³-hybridized carbons (Fsp3) is 0.472. The van der Waals surface area contributed by atoms with Gasteiger partial charge in [-0.25, -0.2) is 0 Å². The molecule has 1 aliphatic heterocycles. The number of likely N-dealkylation sites (tertiary alicyclic amines) is 1. The van der Waals surface area contributed by atoms with Gasteiger partial charge in [0.1, 0.15) is 0 Å². The predicted octanol–water partition coefficient (Wildman–Crippen LogP) is 9.00. The van der Waals surface area contributed by atoms with Crippen molar-refractivity contribution in [3.63, 3.8) is 0 Å². The van der Waals surface area contributed by atoms with Gasteiger partial charge in [0.15, 0.2) is 5.78 Å². The third kappa shape index (κ3) is 4.89. The summed E-state index contributed by atoms with van der Waals surface area (Å²) < 4.78 is 0. The number of ketones is 1. The highest BCUT2D eigenvalue weighted by Gasteiger charge is 2.44. The van der Waals surface area contributed by atoms with E-state index >= 15 is 0 Å². The molecule has 38 heavy (non-hydrogen) atoms. The van der Waals surface area contributed by atoms with Crippen molar-refractivity contribution in [2.45, 2.75) is 95.9 Å². The molecule has 0 bridgehead atoms. The van der Waals surface area contributed by atoms with Crippen LogP contribution in [0.4, 0.5) is 0 Å². The first-order valence-corrected chi connectivity index (χ1v) is 15.1. The average molecular weight is 508 g/mol. The lowest BCUT2D eigenvalue weighted by atomic mass is 9.70. The molecule has 1 saturated heterocycles. The van der Waals surface area contributed by atoms with E-state index in [-0.39, 0.29) is 11.2 Å². The summed E-state index contributed by atoms with van der Waals surface area (Å²) in [7, 11) is 0. The predicted molar refractivity (Wildman–Crippen MR) is 160 cm³/mol. The van der Waals surface area contributed by atoms with Crippen molar-refractivity contribution in [2.24, 2.45) is 0 Å². The minimum absolute atomic E-state index is 0.00912. The number of fused-ring (bicyclic) bond motifs is 3. The lowest BCUT2D eigenvalue weighted by Gasteiger charge is -2.43. The Labute approximate surface area is 230 Å². The maximum absolute atomic E-state index is 14.6. The summed E-state index contributed by atoms with van der Waals surface area (Å²) in [5.41, 5.74) is 7.17. The third-order valence-electron chi connectivity index (χ3n) is 9.38. The summed E-state index contributed by atoms with van der Waals surface area (Å²) in [6, 6.07) is 26.3. The van der Waals surface area contributed by atoms with Gasteiger partial charge in [-0.3, -0.25) is 9.69 Å². The number of benzene rings is 3. The summed E-state index contributed by atoms with van der Waals surface area (Å²) in [4.78, 5) is 17.1. The van der Waals surface area contributed by atoms with Gasteiger partial charge in [0.05, 0.1) is 5.54 Å². The normalized spacial score (nSPS) is 18.0. The standard InChI is InChI=1S/C36H45NO/c1-4-6-22-36(23-7-5-2)32-19-13-12-18-30(32)31-21-20-29(26-33(31)36)34(38)35(3,37-24-14-9-15-25-37)27-28-16-10-8-11-17-28/h8,10-13,16-21,26H,4-7,9,14-15,22-25,27H2,1-3H3. The first-order chi connectivity index (χ1) is 18.5. The van der Waals surface area contributed by atoms with Crippen molar-refractivity contribution < 1.29 is 4.79 Å². The molecular formula is C36H45NO. The summed E-state index contributed by atoms with van der Waals surface area (Å²) in [6.07, 6.45) is 11.5. The molecule has 2 nitrogen and oxygen atoms in total. The Morgan fingerprint density at radius 2 is 1.42 bits per heavy atom. The van der Waals surface area contributed by atoms with Crippen molar-refractivity contribution in [3.8, 4) is 11.1 Å². The van der Waals surface area contributed by atoms with Crippen LogP contribution in [-0.2, 0) is 11.8 Å². The number of nitrogens with zero attached hydrogens (tertiary/aromatic N) is 1. The van der Waals surface area contributed by atoms with Crippen LogP contribution in [0.3, 0.4) is 0 Å². The molecule has 0 amide bonds. The van der Waals surface area contributed by atoms with Gasteiger partial charge in [-0.15, -0.1) is 0 Å². The Balaban J connectivity index is 1.60. The largest absolute Gasteiger partial charge is 0.292 e. The highest BCUT2D eigenvalue weighted by Crippen LogP contribution is 2.54. The smallest absolute Gasteiger partial charge is 0.183 e. The van der Waals surface area contributed by atoms with Crippen molar-refractivity contribution in [3.05, 3.63) is 95.1 Å². The third-order valence-corrected chi connectivity index (χ3v) is 9.38. The fourth-order valence-corrected chi connectivity index (χ4v) is 7.24. The molecule has 0 aromatic heterocycles. The Bertz CT molecular complexity index is 1230. The summed E-state index contributed by atoms with van der Waals surface area (Å²) >= 11 is 0. The van der Waals surface area contributed by atoms with E-state index < -0.39 is 5.54 Å². The fourth-order valence-electron chi connectivity index (χ4n) is 7.24. The molecule has 0 N–H and O–H groups in total. The summed E-state index contributed by atoms with van der Waals surface area (Å²) in [6.45, 7) is 8.80. The molecular weight excluding hydrogens is 462 g/mol. The highest BCUT2D eigenvalue weighted by atomic mass is 16.1. The Kier molecular flexibility index (Phi) is 8.19. The van der Waals surface area contributed by atoms with Gasteiger partial charge >= 0.3 is 0 Å². The number of carbonyl (C=O) groups excluding carboxylic acids is 1. The molecule has 1 aliphatic carbocycles. The van der Waals surface area contributed by atoms with Crippen LogP contribution in [-0.4, -0.2) is 29.3 Å². The zero-order chi connectivity index (χ0) is 26.6. The van der Waals surface area contributed by atoms with Crippen LogP contribution in [0.25, 0.3) is 11.1 Å². The van der Waals surface area contributed by atoms with Crippen LogP contribution in [0, 0.1) is 0 Å². The number of Topliss-reactive ketones (excluding diaryl/α,β-unsaturated/α-hetero) is 1. The maximum Gasteiger partial charge on any atom is 0.183 e. The number of rotatable bonds is 11. The molecule has 1 unspecified atom stereocenters. The highest BCUT2D eigenvalue weighted by molar-refractivity contribution is 6.04. The van der Waals surface area contributed by atoms with E-state index in [0.29, 0.717) is 0 Å². The molecule has 0 spiro atoms. The number of hydrogen-bond acceptors (Lipinski definition) is 2. The Morgan fingerprint density at radius 3 is 2.11 bits per heavy atom. The number of piperidine rings is 1. The van der Waals surface area contributed by atoms with Crippen molar-refractivity contribution >= 4 is 5.78 Å². The van der Waals surface area contributed by atoms with Crippen molar-refractivity contribution in [1.82, 2.24) is 4.90 Å². The number of hydrogen-bond donors (Lipinski definition) is 0. The summed E-state index contributed by atoms with van der Waals surface area (Å²) in [5.74, 6) is 0.280. The van der Waals surface area contributed by atoms with Gasteiger partial charge in [0.25, 0.3) is 0 Å². The lowest BCUT2D eigenvalue weighted by Crippen LogP contribution is -2.55. The topological polar surface area (TPSA) is 20.3 Å². The van der Waals surface area contributed by atoms with E-state index in [0.717, 1.165) is 37.9 Å². The summed E-state index contributed by atoms with van der Waals surface area (Å²) in [5, 5.41) is 0. The van der Waals surface area contributed by atoms with E-state index in [4.69, 9.17) is 0 Å². The van der Waals surface area contributed by atoms with Crippen molar-refractivity contribution in [2.75, 3.05) is 13.1 Å². The first-order valence-electron chi connectivity index (χ1n) is 15.1. The molecule has 200 valence electrons. The SMILES string of the molecule is CCCCC1(CCCC)c2ccccc2-c2ccc(C(=O)C(C)(Cc3ccccc3)N3CCCCC3)cc21. The van der Waals surface area contributed by atoms with Gasteiger partial charge in [0, 0.05) is 11.0 Å². The monoisotopic (exact) mass is 507 g/mol. The van der Waals surface area contributed by atoms with Gasteiger partial charge in [-0.05, 0) is 86.0 Å². The second kappa shape index (κ2) is 11.6. The van der Waals surface area contributed by atoms with Crippen molar-refractivity contribution in [1.29, 1.82) is 0 Å². The molecule has 2 heteroatoms. The number of unbranched alkanes of at least 4 members (excludes halogenated alkanes) is 2. The van der Waals surface area contributed by atoms with E-state index in [1.165, 1.54) is 72.8 Å². The van der Waals surface area contributed by atoms with Gasteiger partial charge < -0.3 is 0 Å². The van der Waals surface area contributed by atoms with Gasteiger partial charge in [-0.2, -0.15) is 0 Å². The molecule has 2 aliphatic rings. The van der Waals surface area contributed by atoms with Crippen LogP contribution in [0.5, 0.6) is 0 Å². The molecule has 3 aromatic rings. The van der Waals surface area contributed by atoms with Crippen LogP contribution >= 0.6 is 0 Å². The second-order valence-electron chi connectivity index (χ2n) is 11.9. The molecule has 1 atom stereocenters. The minimum atomic E-state index is -0.545. The van der Waals surface area contributed by atoms with E-state index in [2.05, 4.69) is 98.5 Å². The van der Waals surface area contributed by atoms with Crippen LogP contribution in [0.2, 0.25) is 0 Å². The quantitative estimate of drug-likeness (QED) is 0.241. The molecule has 5 rings (SSSR count). The number of carbonyl (C=O) groups is 1. The molecule has 0 radical (unpaired) electrons. The molecule has 1 fully saturated rings. The average Bonchev–Trinajstić information content (AvgIpc) is 3.24. The zero-order valence-corrected chi connectivity index (χ0v) is 23.8. The van der Waals surface area contributed by atoms with Crippen LogP contribution in [0.15, 0.2) is 72.8 Å². The maximum atomic E-state index is 14.6. The van der Waals surface area contributed by atoms with Gasteiger partial charge in [0.2, 0.25) is 0 Å². The van der Waals surface area contributed by atoms with E-state index in [1.54, 1.807) is 0 Å². The molecule has 0 saturated carbocycles. The lowest BCUT2D eigenvalue weighted by molar-refractivity contribution is 0.0519. The zero-order valence-electron chi connectivity index (χ0n) is 23.8. The molecule has 1 heterocycles. The van der Waals surface area contributed by atoms with Crippen LogP contribution in [0.1, 0.15) is 106 Å². The van der Waals surface area contributed by atoms with Gasteiger partial charge in [-0.1, -0.05) is 113 Å². The Hall–Kier alpha value is -2.71. The minimum Gasteiger partial charge on any atom is -0.292 e. The first kappa shape index (κ1) is 26.9. The molecule has 3 aromatic carbocycles. The second-order valence-corrected chi connectivity index (χ2v) is 11.9. The Morgan fingerprint density at radius 1 is 0.789 bits per heavy atom. The van der Waals surface area contributed by atoms with Crippen LogP contribution < -0.4 is 0 Å².